The first kappa shape index (κ1) is 24.3. The van der Waals surface area contributed by atoms with Crippen LogP contribution >= 0.6 is 0 Å². The molecule has 2 aliphatic rings. The van der Waals surface area contributed by atoms with Crippen LogP contribution in [-0.2, 0) is 19.6 Å². The molecule has 182 valence electrons. The maximum atomic E-state index is 13.0. The second kappa shape index (κ2) is 10.6. The average molecular weight is 487 g/mol. The number of nitrogens with one attached hydrogen (secondary N) is 2. The molecule has 0 radical (unpaired) electrons. The van der Waals surface area contributed by atoms with Crippen molar-refractivity contribution in [2.75, 3.05) is 31.6 Å². The molecule has 1 aromatic carbocycles. The number of aromatic nitrogens is 1. The lowest BCUT2D eigenvalue weighted by Crippen LogP contribution is -2.41. The van der Waals surface area contributed by atoms with Crippen LogP contribution in [0.25, 0.3) is 0 Å². The Labute approximate surface area is 199 Å². The molecule has 2 fully saturated rings. The first-order valence-electron chi connectivity index (χ1n) is 11.6. The predicted molar refractivity (Wildman–Crippen MR) is 127 cm³/mol. The van der Waals surface area contributed by atoms with Crippen molar-refractivity contribution in [3.05, 3.63) is 53.7 Å². The minimum Gasteiger partial charge on any atom is -0.377 e. The summed E-state index contributed by atoms with van der Waals surface area (Å²) in [4.78, 5) is 31.5. The molecule has 2 amide bonds. The summed E-state index contributed by atoms with van der Waals surface area (Å²) in [5, 5.41) is 2.85. The molecule has 4 rings (SSSR count). The van der Waals surface area contributed by atoms with Crippen LogP contribution in [0.15, 0.2) is 47.5 Å². The predicted octanol–water partition coefficient (Wildman–Crippen LogP) is 2.34. The maximum absolute atomic E-state index is 13.0. The van der Waals surface area contributed by atoms with Gasteiger partial charge in [0.1, 0.15) is 5.82 Å². The third-order valence-electron chi connectivity index (χ3n) is 6.24. The Kier molecular flexibility index (Phi) is 7.60. The molecular formula is C24H30N4O5S. The lowest BCUT2D eigenvalue weighted by Gasteiger charge is -2.31. The highest BCUT2D eigenvalue weighted by molar-refractivity contribution is 7.89. The van der Waals surface area contributed by atoms with Gasteiger partial charge >= 0.3 is 0 Å². The normalized spacial score (nSPS) is 19.2. The second-order valence-electron chi connectivity index (χ2n) is 8.79. The molecule has 9 nitrogen and oxygen atoms in total. The van der Waals surface area contributed by atoms with Crippen molar-refractivity contribution in [2.24, 2.45) is 5.92 Å². The van der Waals surface area contributed by atoms with Gasteiger partial charge in [-0.2, -0.15) is 0 Å². The van der Waals surface area contributed by atoms with Crippen LogP contribution in [0.1, 0.15) is 41.6 Å². The molecule has 0 saturated carbocycles. The highest BCUT2D eigenvalue weighted by atomic mass is 32.2. The SMILES string of the molecule is Cc1ccnc(NC(=O)C2CCN(C(=O)c3cccc(S(=O)(=O)NC[C@H]4CCCO4)c3)CC2)c1. The molecule has 2 saturated heterocycles. The fraction of sp³-hybridized carbons (Fsp3) is 0.458. The first-order valence-corrected chi connectivity index (χ1v) is 13.0. The summed E-state index contributed by atoms with van der Waals surface area (Å²) in [6.45, 7) is 3.65. The van der Waals surface area contributed by atoms with E-state index in [1.165, 1.54) is 12.1 Å². The summed E-state index contributed by atoms with van der Waals surface area (Å²) in [7, 11) is -3.75. The number of piperidine rings is 1. The van der Waals surface area contributed by atoms with Gasteiger partial charge < -0.3 is 15.0 Å². The van der Waals surface area contributed by atoms with E-state index in [-0.39, 0.29) is 35.3 Å². The van der Waals surface area contributed by atoms with Gasteiger partial charge in [-0.25, -0.2) is 18.1 Å². The van der Waals surface area contributed by atoms with E-state index in [2.05, 4.69) is 15.0 Å². The second-order valence-corrected chi connectivity index (χ2v) is 10.6. The Morgan fingerprint density at radius 3 is 2.65 bits per heavy atom. The molecule has 0 spiro atoms. The minimum absolute atomic E-state index is 0.0521. The van der Waals surface area contributed by atoms with Crippen molar-refractivity contribution >= 4 is 27.7 Å². The van der Waals surface area contributed by atoms with Gasteiger partial charge in [-0.1, -0.05) is 6.07 Å². The smallest absolute Gasteiger partial charge is 0.253 e. The zero-order valence-corrected chi connectivity index (χ0v) is 20.0. The minimum atomic E-state index is -3.75. The van der Waals surface area contributed by atoms with Gasteiger partial charge in [0.25, 0.3) is 5.91 Å². The molecule has 1 atom stereocenters. The molecule has 1 aromatic heterocycles. The zero-order chi connectivity index (χ0) is 24.1. The van der Waals surface area contributed by atoms with Crippen molar-refractivity contribution in [2.45, 2.75) is 43.6 Å². The van der Waals surface area contributed by atoms with Crippen LogP contribution in [0, 0.1) is 12.8 Å². The number of amides is 2. The first-order chi connectivity index (χ1) is 16.3. The maximum Gasteiger partial charge on any atom is 0.253 e. The van der Waals surface area contributed by atoms with E-state index in [0.29, 0.717) is 43.9 Å². The van der Waals surface area contributed by atoms with Crippen molar-refractivity contribution in [3.63, 3.8) is 0 Å². The molecular weight excluding hydrogens is 456 g/mol. The van der Waals surface area contributed by atoms with E-state index in [0.717, 1.165) is 18.4 Å². The van der Waals surface area contributed by atoms with E-state index >= 15 is 0 Å². The summed E-state index contributed by atoms with van der Waals surface area (Å²) in [5.41, 5.74) is 1.32. The van der Waals surface area contributed by atoms with Gasteiger partial charge in [0, 0.05) is 43.9 Å². The van der Waals surface area contributed by atoms with E-state index in [4.69, 9.17) is 4.74 Å². The fourth-order valence-corrected chi connectivity index (χ4v) is 5.36. The van der Waals surface area contributed by atoms with E-state index in [1.54, 1.807) is 23.2 Å². The number of likely N-dealkylation sites (tertiary alicyclic amines) is 1. The summed E-state index contributed by atoms with van der Waals surface area (Å²) < 4.78 is 33.4. The molecule has 2 aromatic rings. The molecule has 10 heteroatoms. The summed E-state index contributed by atoms with van der Waals surface area (Å²) in [6.07, 6.45) is 4.36. The van der Waals surface area contributed by atoms with Crippen LogP contribution in [-0.4, -0.2) is 62.5 Å². The monoisotopic (exact) mass is 486 g/mol. The standard InChI is InChI=1S/C24H30N4O5S/c1-17-7-10-25-22(14-17)27-23(29)18-8-11-28(12-9-18)24(30)19-4-2-6-21(15-19)34(31,32)26-16-20-5-3-13-33-20/h2,4,6-7,10,14-15,18,20,26H,3,5,8-9,11-13,16H2,1H3,(H,25,27,29)/t20-/m1/s1. The van der Waals surface area contributed by atoms with Crippen LogP contribution in [0.2, 0.25) is 0 Å². The highest BCUT2D eigenvalue weighted by Crippen LogP contribution is 2.22. The number of benzene rings is 1. The Morgan fingerprint density at radius 1 is 1.15 bits per heavy atom. The van der Waals surface area contributed by atoms with E-state index in [9.17, 15) is 18.0 Å². The van der Waals surface area contributed by atoms with Crippen molar-refractivity contribution in [3.8, 4) is 0 Å². The Hall–Kier alpha value is -2.82. The Balaban J connectivity index is 1.33. The van der Waals surface area contributed by atoms with Crippen molar-refractivity contribution in [1.82, 2.24) is 14.6 Å². The fourth-order valence-electron chi connectivity index (χ4n) is 4.25. The summed E-state index contributed by atoms with van der Waals surface area (Å²) in [6, 6.07) is 9.74. The van der Waals surface area contributed by atoms with Gasteiger partial charge in [0.05, 0.1) is 11.0 Å². The van der Waals surface area contributed by atoms with Crippen LogP contribution < -0.4 is 10.0 Å². The molecule has 0 bridgehead atoms. The number of nitrogens with zero attached hydrogens (tertiary/aromatic N) is 2. The summed E-state index contributed by atoms with van der Waals surface area (Å²) in [5.74, 6) is -0.0271. The van der Waals surface area contributed by atoms with Crippen LogP contribution in [0.5, 0.6) is 0 Å². The number of carbonyl (C=O) groups is 2. The number of hydrogen-bond donors (Lipinski definition) is 2. The van der Waals surface area contributed by atoms with Gasteiger partial charge in [0.15, 0.2) is 0 Å². The zero-order valence-electron chi connectivity index (χ0n) is 19.2. The van der Waals surface area contributed by atoms with Crippen molar-refractivity contribution < 1.29 is 22.7 Å². The topological polar surface area (TPSA) is 118 Å². The van der Waals surface area contributed by atoms with E-state index in [1.807, 2.05) is 19.1 Å². The van der Waals surface area contributed by atoms with Gasteiger partial charge in [-0.3, -0.25) is 9.59 Å². The molecule has 0 aliphatic carbocycles. The highest BCUT2D eigenvalue weighted by Gasteiger charge is 2.29. The number of sulfonamides is 1. The molecule has 34 heavy (non-hydrogen) atoms. The van der Waals surface area contributed by atoms with Gasteiger partial charge in [0.2, 0.25) is 15.9 Å². The van der Waals surface area contributed by atoms with Gasteiger partial charge in [-0.15, -0.1) is 0 Å². The third kappa shape index (κ3) is 5.99. The molecule has 3 heterocycles. The Morgan fingerprint density at radius 2 is 1.94 bits per heavy atom. The Bertz CT molecular complexity index is 1140. The van der Waals surface area contributed by atoms with Crippen LogP contribution in [0.3, 0.4) is 0 Å². The van der Waals surface area contributed by atoms with Gasteiger partial charge in [-0.05, 0) is 68.5 Å². The molecule has 2 aliphatic heterocycles. The lowest BCUT2D eigenvalue weighted by molar-refractivity contribution is -0.121. The van der Waals surface area contributed by atoms with Crippen molar-refractivity contribution in [1.29, 1.82) is 0 Å². The number of ether oxygens (including phenoxy) is 1. The number of carbonyl (C=O) groups excluding carboxylic acids is 2. The average Bonchev–Trinajstić information content (AvgIpc) is 3.36. The number of pyridine rings is 1. The summed E-state index contributed by atoms with van der Waals surface area (Å²) >= 11 is 0. The molecule has 0 unspecified atom stereocenters. The lowest BCUT2D eigenvalue weighted by atomic mass is 9.95. The number of hydrogen-bond acceptors (Lipinski definition) is 6. The number of aryl methyl sites for hydroxylation is 1. The third-order valence-corrected chi connectivity index (χ3v) is 7.66. The quantitative estimate of drug-likeness (QED) is 0.620. The number of rotatable bonds is 7. The van der Waals surface area contributed by atoms with Crippen LogP contribution in [0.4, 0.5) is 5.82 Å². The number of anilines is 1. The molecule has 2 N–H and O–H groups in total. The van der Waals surface area contributed by atoms with E-state index < -0.39 is 10.0 Å². The largest absolute Gasteiger partial charge is 0.377 e.